The van der Waals surface area contributed by atoms with Gasteiger partial charge in [-0.2, -0.15) is 0 Å². The minimum Gasteiger partial charge on any atom is -0.462 e. The summed E-state index contributed by atoms with van der Waals surface area (Å²) in [6, 6.07) is 0. The van der Waals surface area contributed by atoms with Gasteiger partial charge in [0, 0.05) is 12.8 Å². The zero-order valence-electron chi connectivity index (χ0n) is 23.4. The number of allylic oxidation sites excluding steroid dienone is 2. The fourth-order valence-corrected chi connectivity index (χ4v) is 4.20. The number of phosphoric ester groups is 1. The Bertz CT molecular complexity index is 632. The van der Waals surface area contributed by atoms with Crippen LogP contribution in [-0.4, -0.2) is 41.0 Å². The predicted octanol–water partition coefficient (Wildman–Crippen LogP) is 7.56. The molecule has 0 saturated heterocycles. The summed E-state index contributed by atoms with van der Waals surface area (Å²) >= 11 is 0. The lowest BCUT2D eigenvalue weighted by atomic mass is 10.1. The van der Waals surface area contributed by atoms with E-state index >= 15 is 0 Å². The van der Waals surface area contributed by atoms with Crippen LogP contribution in [0.2, 0.25) is 0 Å². The summed E-state index contributed by atoms with van der Waals surface area (Å²) in [5, 5.41) is 0. The number of carbonyl (C=O) groups excluding carboxylic acids is 2. The van der Waals surface area contributed by atoms with E-state index in [1.807, 2.05) is 0 Å². The molecule has 0 saturated carbocycles. The van der Waals surface area contributed by atoms with E-state index in [0.29, 0.717) is 12.8 Å². The van der Waals surface area contributed by atoms with E-state index in [1.54, 1.807) is 0 Å². The van der Waals surface area contributed by atoms with Crippen molar-refractivity contribution in [2.24, 2.45) is 0 Å². The van der Waals surface area contributed by atoms with Crippen molar-refractivity contribution in [1.29, 1.82) is 0 Å². The highest BCUT2D eigenvalue weighted by Gasteiger charge is 2.22. The molecular weight excluding hydrogens is 495 g/mol. The van der Waals surface area contributed by atoms with Crippen molar-refractivity contribution >= 4 is 19.8 Å². The van der Waals surface area contributed by atoms with Crippen molar-refractivity contribution < 1.29 is 37.9 Å². The van der Waals surface area contributed by atoms with Crippen LogP contribution in [0.4, 0.5) is 0 Å². The van der Waals surface area contributed by atoms with Gasteiger partial charge in [-0.25, -0.2) is 4.57 Å². The third-order valence-corrected chi connectivity index (χ3v) is 6.52. The normalized spacial score (nSPS) is 12.6. The molecule has 2 N–H and O–H groups in total. The standard InChI is InChI=1S/C28H53O8P/c1-3-5-7-9-10-11-12-13-14-15-16-17-18-19-21-23-28(30)36-26(25-35-37(31,32)33)24-34-27(29)22-20-8-6-4-2/h13-14,26H,3-12,15-25H2,1-2H3,(H2,31,32,33)/b14-13-/t26-/m1/s1. The molecule has 37 heavy (non-hydrogen) atoms. The monoisotopic (exact) mass is 548 g/mol. The molecule has 8 nitrogen and oxygen atoms in total. The highest BCUT2D eigenvalue weighted by molar-refractivity contribution is 7.46. The third-order valence-electron chi connectivity index (χ3n) is 6.03. The van der Waals surface area contributed by atoms with Crippen LogP contribution in [0.15, 0.2) is 12.2 Å². The topological polar surface area (TPSA) is 119 Å². The van der Waals surface area contributed by atoms with Gasteiger partial charge in [0.25, 0.3) is 0 Å². The second-order valence-electron chi connectivity index (χ2n) is 9.73. The van der Waals surface area contributed by atoms with Crippen molar-refractivity contribution in [3.63, 3.8) is 0 Å². The van der Waals surface area contributed by atoms with Gasteiger partial charge in [0.2, 0.25) is 0 Å². The second kappa shape index (κ2) is 25.1. The first-order valence-corrected chi connectivity index (χ1v) is 16.0. The number of phosphoric acid groups is 1. The lowest BCUT2D eigenvalue weighted by Crippen LogP contribution is -2.29. The number of carbonyl (C=O) groups is 2. The van der Waals surface area contributed by atoms with Crippen LogP contribution >= 0.6 is 7.82 Å². The maximum atomic E-state index is 12.2. The van der Waals surface area contributed by atoms with E-state index in [0.717, 1.165) is 51.4 Å². The molecule has 0 rings (SSSR count). The quantitative estimate of drug-likeness (QED) is 0.0492. The first-order chi connectivity index (χ1) is 17.8. The van der Waals surface area contributed by atoms with Crippen LogP contribution in [-0.2, 0) is 28.2 Å². The van der Waals surface area contributed by atoms with Crippen LogP contribution in [0, 0.1) is 0 Å². The Morgan fingerprint density at radius 1 is 0.676 bits per heavy atom. The molecule has 0 unspecified atom stereocenters. The summed E-state index contributed by atoms with van der Waals surface area (Å²) in [5.41, 5.74) is 0. The van der Waals surface area contributed by atoms with Gasteiger partial charge < -0.3 is 19.3 Å². The van der Waals surface area contributed by atoms with E-state index in [1.165, 1.54) is 44.9 Å². The minimum atomic E-state index is -4.73. The van der Waals surface area contributed by atoms with Crippen molar-refractivity contribution in [3.8, 4) is 0 Å². The maximum absolute atomic E-state index is 12.2. The summed E-state index contributed by atoms with van der Waals surface area (Å²) in [7, 11) is -4.73. The molecule has 0 spiro atoms. The van der Waals surface area contributed by atoms with Gasteiger partial charge in [0.1, 0.15) is 6.61 Å². The summed E-state index contributed by atoms with van der Waals surface area (Å²) < 4.78 is 25.9. The molecule has 1 atom stereocenters. The summed E-state index contributed by atoms with van der Waals surface area (Å²) in [5.74, 6) is -0.915. The van der Waals surface area contributed by atoms with Gasteiger partial charge in [0.05, 0.1) is 6.61 Å². The Labute approximate surface area is 225 Å². The largest absolute Gasteiger partial charge is 0.469 e. The Kier molecular flexibility index (Phi) is 24.3. The van der Waals surface area contributed by atoms with E-state index < -0.39 is 32.5 Å². The van der Waals surface area contributed by atoms with Crippen LogP contribution in [0.3, 0.4) is 0 Å². The van der Waals surface area contributed by atoms with Crippen molar-refractivity contribution in [2.45, 2.75) is 142 Å². The average Bonchev–Trinajstić information content (AvgIpc) is 2.85. The molecule has 0 bridgehead atoms. The molecule has 0 radical (unpaired) electrons. The number of hydrogen-bond donors (Lipinski definition) is 2. The van der Waals surface area contributed by atoms with E-state index in [2.05, 4.69) is 30.5 Å². The zero-order chi connectivity index (χ0) is 27.6. The predicted molar refractivity (Wildman–Crippen MR) is 147 cm³/mol. The smallest absolute Gasteiger partial charge is 0.462 e. The highest BCUT2D eigenvalue weighted by Crippen LogP contribution is 2.35. The molecular formula is C28H53O8P. The number of esters is 2. The van der Waals surface area contributed by atoms with Crippen molar-refractivity contribution in [1.82, 2.24) is 0 Å². The summed E-state index contributed by atoms with van der Waals surface area (Å²) in [4.78, 5) is 41.9. The molecule has 0 aliphatic rings. The number of hydrogen-bond acceptors (Lipinski definition) is 6. The maximum Gasteiger partial charge on any atom is 0.469 e. The summed E-state index contributed by atoms with van der Waals surface area (Å²) in [6.45, 7) is 3.49. The lowest BCUT2D eigenvalue weighted by molar-refractivity contribution is -0.161. The second-order valence-corrected chi connectivity index (χ2v) is 11.0. The van der Waals surface area contributed by atoms with Crippen LogP contribution in [0.1, 0.15) is 136 Å². The van der Waals surface area contributed by atoms with Gasteiger partial charge in [-0.05, 0) is 38.5 Å². The van der Waals surface area contributed by atoms with Gasteiger partial charge >= 0.3 is 19.8 Å². The van der Waals surface area contributed by atoms with Crippen molar-refractivity contribution in [2.75, 3.05) is 13.2 Å². The van der Waals surface area contributed by atoms with E-state index in [4.69, 9.17) is 19.3 Å². The molecule has 0 heterocycles. The Balaban J connectivity index is 3.97. The van der Waals surface area contributed by atoms with Gasteiger partial charge in [-0.1, -0.05) is 96.6 Å². The van der Waals surface area contributed by atoms with Gasteiger partial charge in [-0.3, -0.25) is 14.1 Å². The third kappa shape index (κ3) is 27.6. The molecule has 0 aromatic rings. The molecule has 0 aromatic heterocycles. The highest BCUT2D eigenvalue weighted by atomic mass is 31.2. The van der Waals surface area contributed by atoms with E-state index in [9.17, 15) is 14.2 Å². The fourth-order valence-electron chi connectivity index (χ4n) is 3.84. The fraction of sp³-hybridized carbons (Fsp3) is 0.857. The zero-order valence-corrected chi connectivity index (χ0v) is 24.3. The molecule has 218 valence electrons. The van der Waals surface area contributed by atoms with Gasteiger partial charge in [0.15, 0.2) is 6.10 Å². The Morgan fingerprint density at radius 2 is 1.14 bits per heavy atom. The molecule has 0 aliphatic carbocycles. The van der Waals surface area contributed by atoms with Gasteiger partial charge in [-0.15, -0.1) is 0 Å². The number of ether oxygens (including phenoxy) is 2. The number of rotatable bonds is 26. The van der Waals surface area contributed by atoms with Crippen molar-refractivity contribution in [3.05, 3.63) is 12.2 Å². The summed E-state index contributed by atoms with van der Waals surface area (Å²) in [6.07, 6.45) is 22.8. The Hall–Kier alpha value is -1.21. The SMILES string of the molecule is CCCCCCCC/C=C\CCCCCCCC(=O)O[C@H](COC(=O)CCCCCC)COP(=O)(O)O. The molecule has 0 aliphatic heterocycles. The lowest BCUT2D eigenvalue weighted by Gasteiger charge is -2.18. The Morgan fingerprint density at radius 3 is 1.68 bits per heavy atom. The molecule has 0 fully saturated rings. The van der Waals surface area contributed by atoms with E-state index in [-0.39, 0.29) is 19.4 Å². The first kappa shape index (κ1) is 35.8. The van der Waals surface area contributed by atoms with Crippen LogP contribution in [0.5, 0.6) is 0 Å². The van der Waals surface area contributed by atoms with Crippen LogP contribution < -0.4 is 0 Å². The molecule has 0 amide bonds. The molecule has 0 aromatic carbocycles. The van der Waals surface area contributed by atoms with Crippen LogP contribution in [0.25, 0.3) is 0 Å². The minimum absolute atomic E-state index is 0.204. The first-order valence-electron chi connectivity index (χ1n) is 14.5. The molecule has 9 heteroatoms. The average molecular weight is 549 g/mol. The number of unbranched alkanes of at least 4 members (excludes halogenated alkanes) is 14.